The molecule has 5 nitrogen and oxygen atoms in total. The fourth-order valence-corrected chi connectivity index (χ4v) is 3.33. The lowest BCUT2D eigenvalue weighted by atomic mass is 10.1. The SMILES string of the molecule is O=c1[nH]c(/C=C2\C=Nc3c2ccc(Cl)c3F)c(O)n1Cc1c(F)cc(Cl)cc1F. The molecule has 0 saturated carbocycles. The van der Waals surface area contributed by atoms with Crippen molar-refractivity contribution in [2.45, 2.75) is 6.54 Å². The van der Waals surface area contributed by atoms with E-state index in [9.17, 15) is 23.1 Å². The number of hydrogen-bond acceptors (Lipinski definition) is 3. The summed E-state index contributed by atoms with van der Waals surface area (Å²) in [4.78, 5) is 18.6. The van der Waals surface area contributed by atoms with E-state index in [2.05, 4.69) is 9.98 Å². The monoisotopic (exact) mass is 439 g/mol. The number of aromatic hydroxyl groups is 1. The zero-order valence-corrected chi connectivity index (χ0v) is 15.8. The average molecular weight is 440 g/mol. The van der Waals surface area contributed by atoms with Crippen molar-refractivity contribution < 1.29 is 18.3 Å². The highest BCUT2D eigenvalue weighted by Crippen LogP contribution is 2.38. The normalized spacial score (nSPS) is 14.0. The third kappa shape index (κ3) is 3.34. The van der Waals surface area contributed by atoms with Gasteiger partial charge in [-0.3, -0.25) is 9.56 Å². The van der Waals surface area contributed by atoms with Gasteiger partial charge < -0.3 is 10.1 Å². The van der Waals surface area contributed by atoms with Gasteiger partial charge in [-0.25, -0.2) is 18.0 Å². The van der Waals surface area contributed by atoms with Crippen LogP contribution in [-0.2, 0) is 6.54 Å². The predicted octanol–water partition coefficient (Wildman–Crippen LogP) is 4.91. The van der Waals surface area contributed by atoms with E-state index < -0.39 is 41.1 Å². The summed E-state index contributed by atoms with van der Waals surface area (Å²) in [6.45, 7) is -0.561. The van der Waals surface area contributed by atoms with Crippen molar-refractivity contribution in [1.29, 1.82) is 0 Å². The van der Waals surface area contributed by atoms with Crippen LogP contribution in [-0.4, -0.2) is 20.9 Å². The van der Waals surface area contributed by atoms with Crippen LogP contribution in [0.2, 0.25) is 10.0 Å². The minimum atomic E-state index is -0.952. The van der Waals surface area contributed by atoms with Gasteiger partial charge in [0, 0.05) is 27.9 Å². The number of aromatic amines is 1. The Balaban J connectivity index is 1.74. The summed E-state index contributed by atoms with van der Waals surface area (Å²) in [5.41, 5.74) is -0.405. The quantitative estimate of drug-likeness (QED) is 0.608. The molecule has 2 N–H and O–H groups in total. The van der Waals surface area contributed by atoms with Crippen LogP contribution in [0.5, 0.6) is 5.88 Å². The summed E-state index contributed by atoms with van der Waals surface area (Å²) in [6.07, 6.45) is 2.71. The van der Waals surface area contributed by atoms with Gasteiger partial charge in [0.2, 0.25) is 5.88 Å². The number of halogens is 5. The Hall–Kier alpha value is -2.97. The number of allylic oxidation sites excluding steroid dienone is 1. The second kappa shape index (κ2) is 7.13. The Morgan fingerprint density at radius 1 is 1.17 bits per heavy atom. The summed E-state index contributed by atoms with van der Waals surface area (Å²) < 4.78 is 42.9. The molecule has 0 unspecified atom stereocenters. The Labute approximate surface area is 171 Å². The Kier molecular flexibility index (Phi) is 4.76. The van der Waals surface area contributed by atoms with Crippen LogP contribution in [0.1, 0.15) is 16.8 Å². The van der Waals surface area contributed by atoms with Gasteiger partial charge in [0.1, 0.15) is 23.0 Å². The summed E-state index contributed by atoms with van der Waals surface area (Å²) in [5.74, 6) is -3.14. The second-order valence-electron chi connectivity index (χ2n) is 6.22. The van der Waals surface area contributed by atoms with Gasteiger partial charge in [-0.1, -0.05) is 29.3 Å². The predicted molar refractivity (Wildman–Crippen MR) is 105 cm³/mol. The van der Waals surface area contributed by atoms with Crippen LogP contribution in [0.15, 0.2) is 34.1 Å². The Bertz CT molecular complexity index is 1260. The molecular formula is C19H10Cl2F3N3O2. The molecule has 1 aromatic heterocycles. The zero-order chi connectivity index (χ0) is 20.9. The molecular weight excluding hydrogens is 430 g/mol. The van der Waals surface area contributed by atoms with Gasteiger partial charge in [-0.2, -0.15) is 0 Å². The Morgan fingerprint density at radius 3 is 2.55 bits per heavy atom. The first-order valence-corrected chi connectivity index (χ1v) is 8.91. The van der Waals surface area contributed by atoms with E-state index in [1.54, 1.807) is 6.07 Å². The largest absolute Gasteiger partial charge is 0.493 e. The number of benzene rings is 2. The molecule has 2 heterocycles. The molecule has 148 valence electrons. The maximum Gasteiger partial charge on any atom is 0.329 e. The third-order valence-corrected chi connectivity index (χ3v) is 4.93. The summed E-state index contributed by atoms with van der Waals surface area (Å²) in [6, 6.07) is 4.72. The molecule has 10 heteroatoms. The number of imidazole rings is 1. The van der Waals surface area contributed by atoms with Gasteiger partial charge in [-0.05, 0) is 24.3 Å². The highest BCUT2D eigenvalue weighted by molar-refractivity contribution is 6.32. The molecule has 0 atom stereocenters. The van der Waals surface area contributed by atoms with Crippen LogP contribution in [0, 0.1) is 17.5 Å². The average Bonchev–Trinajstić information content (AvgIpc) is 3.17. The van der Waals surface area contributed by atoms with Crippen molar-refractivity contribution in [1.82, 2.24) is 9.55 Å². The van der Waals surface area contributed by atoms with Crippen molar-refractivity contribution >= 4 is 46.8 Å². The van der Waals surface area contributed by atoms with Crippen LogP contribution in [0.3, 0.4) is 0 Å². The van der Waals surface area contributed by atoms with Crippen LogP contribution < -0.4 is 5.69 Å². The molecule has 0 bridgehead atoms. The molecule has 0 spiro atoms. The fourth-order valence-electron chi connectivity index (χ4n) is 2.98. The number of aliphatic imine (C=N–C) groups is 1. The molecule has 1 aliphatic rings. The summed E-state index contributed by atoms with van der Waals surface area (Å²) in [5, 5.41) is 10.2. The first-order chi connectivity index (χ1) is 13.8. The van der Waals surface area contributed by atoms with E-state index in [-0.39, 0.29) is 21.4 Å². The first kappa shape index (κ1) is 19.4. The van der Waals surface area contributed by atoms with Gasteiger partial charge in [0.15, 0.2) is 5.82 Å². The standard InChI is InChI=1S/C19H10Cl2F3N3O2/c20-9-4-13(22)11(14(23)5-9)7-27-18(28)15(26-19(27)29)3-8-6-25-17-10(8)1-2-12(21)16(17)24/h1-6,28H,7H2,(H,26,29)/b8-3+. The van der Waals surface area contributed by atoms with Crippen molar-refractivity contribution in [3.8, 4) is 5.88 Å². The van der Waals surface area contributed by atoms with Crippen molar-refractivity contribution in [2.75, 3.05) is 0 Å². The number of rotatable bonds is 3. The molecule has 0 saturated heterocycles. The minimum absolute atomic E-state index is 0.0329. The lowest BCUT2D eigenvalue weighted by molar-refractivity contribution is 0.416. The highest BCUT2D eigenvalue weighted by atomic mass is 35.5. The van der Waals surface area contributed by atoms with E-state index in [4.69, 9.17) is 23.2 Å². The van der Waals surface area contributed by atoms with Crippen LogP contribution >= 0.6 is 23.2 Å². The zero-order valence-electron chi connectivity index (χ0n) is 14.3. The smallest absolute Gasteiger partial charge is 0.329 e. The first-order valence-electron chi connectivity index (χ1n) is 8.15. The number of nitrogens with one attached hydrogen (secondary N) is 1. The Morgan fingerprint density at radius 2 is 1.86 bits per heavy atom. The third-order valence-electron chi connectivity index (χ3n) is 4.42. The number of aromatic nitrogens is 2. The van der Waals surface area contributed by atoms with Crippen LogP contribution in [0.4, 0.5) is 18.9 Å². The van der Waals surface area contributed by atoms with E-state index in [0.717, 1.165) is 16.7 Å². The van der Waals surface area contributed by atoms with Crippen molar-refractivity contribution in [3.63, 3.8) is 0 Å². The lowest BCUT2D eigenvalue weighted by Crippen LogP contribution is -2.18. The van der Waals surface area contributed by atoms with Crippen LogP contribution in [0.25, 0.3) is 11.6 Å². The minimum Gasteiger partial charge on any atom is -0.493 e. The summed E-state index contributed by atoms with van der Waals surface area (Å²) in [7, 11) is 0. The molecule has 0 radical (unpaired) electrons. The number of H-pyrrole nitrogens is 1. The maximum absolute atomic E-state index is 14.0. The summed E-state index contributed by atoms with van der Waals surface area (Å²) >= 11 is 11.3. The van der Waals surface area contributed by atoms with Gasteiger partial charge >= 0.3 is 5.69 Å². The topological polar surface area (TPSA) is 70.4 Å². The van der Waals surface area contributed by atoms with Crippen molar-refractivity contribution in [3.05, 3.63) is 79.1 Å². The van der Waals surface area contributed by atoms with E-state index in [1.807, 2.05) is 0 Å². The molecule has 2 aromatic carbocycles. The van der Waals surface area contributed by atoms with Crippen molar-refractivity contribution in [2.24, 2.45) is 4.99 Å². The van der Waals surface area contributed by atoms with Gasteiger partial charge in [0.05, 0.1) is 11.6 Å². The van der Waals surface area contributed by atoms with E-state index >= 15 is 0 Å². The number of hydrogen-bond donors (Lipinski definition) is 2. The number of nitrogens with zero attached hydrogens (tertiary/aromatic N) is 2. The molecule has 0 amide bonds. The van der Waals surface area contributed by atoms with Gasteiger partial charge in [0.25, 0.3) is 0 Å². The second-order valence-corrected chi connectivity index (χ2v) is 7.06. The highest BCUT2D eigenvalue weighted by Gasteiger charge is 2.21. The lowest BCUT2D eigenvalue weighted by Gasteiger charge is -2.07. The van der Waals surface area contributed by atoms with Gasteiger partial charge in [-0.15, -0.1) is 0 Å². The molecule has 0 fully saturated rings. The van der Waals surface area contributed by atoms with E-state index in [0.29, 0.717) is 11.1 Å². The van der Waals surface area contributed by atoms with E-state index in [1.165, 1.54) is 18.4 Å². The molecule has 4 rings (SSSR count). The molecule has 0 aliphatic carbocycles. The molecule has 29 heavy (non-hydrogen) atoms. The maximum atomic E-state index is 14.0. The molecule has 3 aromatic rings. The fraction of sp³-hybridized carbons (Fsp3) is 0.0526. The number of fused-ring (bicyclic) bond motifs is 1. The molecule has 1 aliphatic heterocycles.